The second kappa shape index (κ2) is 5.14. The van der Waals surface area contributed by atoms with Crippen LogP contribution in [-0.2, 0) is 12.7 Å². The Labute approximate surface area is 111 Å². The van der Waals surface area contributed by atoms with Crippen LogP contribution in [0.3, 0.4) is 0 Å². The van der Waals surface area contributed by atoms with Gasteiger partial charge in [0.05, 0.1) is 4.92 Å². The molecule has 0 fully saturated rings. The van der Waals surface area contributed by atoms with Crippen LogP contribution in [0, 0.1) is 10.1 Å². The van der Waals surface area contributed by atoms with E-state index in [9.17, 15) is 28.1 Å². The Balaban J connectivity index is 2.72. The van der Waals surface area contributed by atoms with Crippen molar-refractivity contribution in [3.05, 3.63) is 32.1 Å². The highest BCUT2D eigenvalue weighted by Gasteiger charge is 2.38. The van der Waals surface area contributed by atoms with Crippen LogP contribution in [-0.4, -0.2) is 16.0 Å². The molecule has 0 saturated heterocycles. The summed E-state index contributed by atoms with van der Waals surface area (Å²) < 4.78 is 39.2. The molecule has 0 spiro atoms. The van der Waals surface area contributed by atoms with Crippen LogP contribution in [0.4, 0.5) is 24.7 Å². The van der Waals surface area contributed by atoms with E-state index < -0.39 is 27.9 Å². The smallest absolute Gasteiger partial charge is 0.366 e. The molecule has 1 aliphatic heterocycles. The summed E-state index contributed by atoms with van der Waals surface area (Å²) in [6.07, 6.45) is -2.92. The molecule has 0 amide bonds. The Morgan fingerprint density at radius 1 is 1.30 bits per heavy atom. The van der Waals surface area contributed by atoms with E-state index in [0.29, 0.717) is 19.0 Å². The van der Waals surface area contributed by atoms with Crippen molar-refractivity contribution in [2.45, 2.75) is 32.0 Å². The van der Waals surface area contributed by atoms with Crippen LogP contribution in [0.2, 0.25) is 0 Å². The second-order valence-corrected chi connectivity index (χ2v) is 4.49. The van der Waals surface area contributed by atoms with Gasteiger partial charge in [-0.1, -0.05) is 0 Å². The Kier molecular flexibility index (Phi) is 3.69. The van der Waals surface area contributed by atoms with E-state index in [1.165, 1.54) is 0 Å². The zero-order valence-electron chi connectivity index (χ0n) is 10.4. The van der Waals surface area contributed by atoms with Crippen molar-refractivity contribution in [2.75, 3.05) is 11.9 Å². The number of nitro groups is 1. The number of fused-ring (bicyclic) bond motifs is 1. The Hall–Kier alpha value is -2.06. The third kappa shape index (κ3) is 2.61. The molecule has 20 heavy (non-hydrogen) atoms. The standard InChI is InChI=1S/C11H12F3N3O3/c12-11(13,14)7-6-8(17(19)20)9-15-4-2-1-3-5-16(9)10(7)18/h6,15H,1-5H2. The summed E-state index contributed by atoms with van der Waals surface area (Å²) in [6, 6.07) is 0.308. The minimum absolute atomic E-state index is 0.0337. The van der Waals surface area contributed by atoms with E-state index in [1.54, 1.807) is 0 Å². The summed E-state index contributed by atoms with van der Waals surface area (Å²) >= 11 is 0. The molecular formula is C11H12F3N3O3. The number of alkyl halides is 3. The zero-order valence-corrected chi connectivity index (χ0v) is 10.4. The van der Waals surface area contributed by atoms with E-state index in [2.05, 4.69) is 5.32 Å². The average Bonchev–Trinajstić information content (AvgIpc) is 2.28. The van der Waals surface area contributed by atoms with Crippen molar-refractivity contribution < 1.29 is 18.1 Å². The summed E-state index contributed by atoms with van der Waals surface area (Å²) in [7, 11) is 0. The molecule has 0 aliphatic carbocycles. The lowest BCUT2D eigenvalue weighted by Crippen LogP contribution is -2.32. The predicted octanol–water partition coefficient (Wildman–Crippen LogP) is 2.37. The Bertz CT molecular complexity index is 595. The molecule has 110 valence electrons. The van der Waals surface area contributed by atoms with Gasteiger partial charge in [-0.3, -0.25) is 19.5 Å². The van der Waals surface area contributed by atoms with Gasteiger partial charge in [0.1, 0.15) is 5.56 Å². The topological polar surface area (TPSA) is 77.2 Å². The number of aromatic nitrogens is 1. The SMILES string of the molecule is O=c1c(C(F)(F)F)cc([N+](=O)[O-])c2n1CCCCCN2. The average molecular weight is 291 g/mol. The maximum absolute atomic E-state index is 12.8. The highest BCUT2D eigenvalue weighted by molar-refractivity contribution is 5.58. The maximum Gasteiger partial charge on any atom is 0.421 e. The third-order valence-electron chi connectivity index (χ3n) is 3.12. The van der Waals surface area contributed by atoms with Crippen LogP contribution >= 0.6 is 0 Å². The molecule has 6 nitrogen and oxygen atoms in total. The highest BCUT2D eigenvalue weighted by atomic mass is 19.4. The normalized spacial score (nSPS) is 15.8. The first-order valence-electron chi connectivity index (χ1n) is 6.05. The van der Waals surface area contributed by atoms with Crippen LogP contribution in [0.25, 0.3) is 0 Å². The molecule has 0 unspecified atom stereocenters. The number of nitrogens with one attached hydrogen (secondary N) is 1. The molecule has 1 aromatic rings. The van der Waals surface area contributed by atoms with E-state index in [1.807, 2.05) is 0 Å². The van der Waals surface area contributed by atoms with Gasteiger partial charge in [-0.05, 0) is 19.3 Å². The summed E-state index contributed by atoms with van der Waals surface area (Å²) in [6.45, 7) is 0.414. The number of hydrogen-bond donors (Lipinski definition) is 1. The van der Waals surface area contributed by atoms with Crippen molar-refractivity contribution >= 4 is 11.5 Å². The maximum atomic E-state index is 12.8. The summed E-state index contributed by atoms with van der Waals surface area (Å²) in [4.78, 5) is 21.9. The molecule has 1 aromatic heterocycles. The number of anilines is 1. The molecule has 0 radical (unpaired) electrons. The van der Waals surface area contributed by atoms with Crippen LogP contribution in [0.1, 0.15) is 24.8 Å². The minimum atomic E-state index is -4.91. The number of pyridine rings is 1. The quantitative estimate of drug-likeness (QED) is 0.636. The van der Waals surface area contributed by atoms with Crippen molar-refractivity contribution in [2.24, 2.45) is 0 Å². The first kappa shape index (κ1) is 14.4. The fourth-order valence-electron chi connectivity index (χ4n) is 2.17. The molecule has 9 heteroatoms. The lowest BCUT2D eigenvalue weighted by atomic mass is 10.1. The van der Waals surface area contributed by atoms with Gasteiger partial charge in [-0.2, -0.15) is 13.2 Å². The van der Waals surface area contributed by atoms with Gasteiger partial charge in [0.2, 0.25) is 0 Å². The molecule has 0 atom stereocenters. The van der Waals surface area contributed by atoms with Crippen molar-refractivity contribution in [1.82, 2.24) is 4.57 Å². The zero-order chi connectivity index (χ0) is 14.9. The van der Waals surface area contributed by atoms with Gasteiger partial charge in [-0.15, -0.1) is 0 Å². The summed E-state index contributed by atoms with van der Waals surface area (Å²) in [5, 5.41) is 13.6. The summed E-state index contributed by atoms with van der Waals surface area (Å²) in [5.74, 6) is -0.146. The van der Waals surface area contributed by atoms with Crippen LogP contribution in [0.5, 0.6) is 0 Å². The number of rotatable bonds is 1. The van der Waals surface area contributed by atoms with E-state index in [-0.39, 0.29) is 12.4 Å². The van der Waals surface area contributed by atoms with Crippen LogP contribution in [0.15, 0.2) is 10.9 Å². The first-order chi connectivity index (χ1) is 9.32. The molecule has 1 aliphatic rings. The van der Waals surface area contributed by atoms with Gasteiger partial charge in [0.25, 0.3) is 5.56 Å². The first-order valence-corrected chi connectivity index (χ1v) is 6.05. The van der Waals surface area contributed by atoms with Crippen molar-refractivity contribution in [1.29, 1.82) is 0 Å². The second-order valence-electron chi connectivity index (χ2n) is 4.49. The molecule has 0 saturated carbocycles. The lowest BCUT2D eigenvalue weighted by Gasteiger charge is -2.19. The fourth-order valence-corrected chi connectivity index (χ4v) is 2.17. The minimum Gasteiger partial charge on any atom is -0.366 e. The van der Waals surface area contributed by atoms with Gasteiger partial charge < -0.3 is 5.32 Å². The van der Waals surface area contributed by atoms with Crippen molar-refractivity contribution in [3.63, 3.8) is 0 Å². The molecule has 2 heterocycles. The monoisotopic (exact) mass is 291 g/mol. The molecule has 0 bridgehead atoms. The fraction of sp³-hybridized carbons (Fsp3) is 0.545. The molecule has 0 aromatic carbocycles. The van der Waals surface area contributed by atoms with Gasteiger partial charge in [0, 0.05) is 19.2 Å². The molecule has 1 N–H and O–H groups in total. The van der Waals surface area contributed by atoms with Crippen molar-refractivity contribution in [3.8, 4) is 0 Å². The largest absolute Gasteiger partial charge is 0.421 e. The van der Waals surface area contributed by atoms with Gasteiger partial charge in [-0.25, -0.2) is 0 Å². The molecular weight excluding hydrogens is 279 g/mol. The van der Waals surface area contributed by atoms with E-state index in [0.717, 1.165) is 17.4 Å². The third-order valence-corrected chi connectivity index (χ3v) is 3.12. The number of nitrogens with zero attached hydrogens (tertiary/aromatic N) is 2. The Morgan fingerprint density at radius 3 is 2.60 bits per heavy atom. The number of halogens is 3. The van der Waals surface area contributed by atoms with Gasteiger partial charge >= 0.3 is 11.9 Å². The van der Waals surface area contributed by atoms with E-state index >= 15 is 0 Å². The van der Waals surface area contributed by atoms with Gasteiger partial charge in [0.15, 0.2) is 5.82 Å². The van der Waals surface area contributed by atoms with Crippen LogP contribution < -0.4 is 10.9 Å². The summed E-state index contributed by atoms with van der Waals surface area (Å²) in [5.41, 5.74) is -3.47. The highest BCUT2D eigenvalue weighted by Crippen LogP contribution is 2.33. The Morgan fingerprint density at radius 2 is 2.00 bits per heavy atom. The van der Waals surface area contributed by atoms with E-state index in [4.69, 9.17) is 0 Å². The molecule has 2 rings (SSSR count). The predicted molar refractivity (Wildman–Crippen MR) is 64.7 cm³/mol. The lowest BCUT2D eigenvalue weighted by molar-refractivity contribution is -0.384. The number of hydrogen-bond acceptors (Lipinski definition) is 4.